The van der Waals surface area contributed by atoms with Gasteiger partial charge >= 0.3 is 5.63 Å². The lowest BCUT2D eigenvalue weighted by Crippen LogP contribution is -2.02. The first-order chi connectivity index (χ1) is 13.1. The van der Waals surface area contributed by atoms with Crippen LogP contribution in [0.4, 0.5) is 0 Å². The zero-order chi connectivity index (χ0) is 19.1. The van der Waals surface area contributed by atoms with E-state index < -0.39 is 0 Å². The van der Waals surface area contributed by atoms with Crippen LogP contribution in [0.25, 0.3) is 32.5 Å². The Morgan fingerprint density at radius 3 is 2.15 bits per heavy atom. The van der Waals surface area contributed by atoms with Crippen molar-refractivity contribution in [2.24, 2.45) is 0 Å². The van der Waals surface area contributed by atoms with Crippen molar-refractivity contribution in [3.63, 3.8) is 0 Å². The van der Waals surface area contributed by atoms with Crippen LogP contribution in [0.5, 0.6) is 17.2 Å². The Morgan fingerprint density at radius 1 is 0.778 bits per heavy atom. The van der Waals surface area contributed by atoms with Crippen molar-refractivity contribution >= 4 is 32.5 Å². The number of hydrogen-bond donors (Lipinski definition) is 0. The molecule has 4 rings (SSSR count). The number of fused-ring (bicyclic) bond motifs is 5. The lowest BCUT2D eigenvalue weighted by molar-refractivity contribution is 0.327. The number of methoxy groups -OCH3 is 3. The van der Waals surface area contributed by atoms with Crippen molar-refractivity contribution in [3.05, 3.63) is 52.4 Å². The fourth-order valence-corrected chi connectivity index (χ4v) is 3.60. The fraction of sp³-hybridized carbons (Fsp3) is 0.227. The Hall–Kier alpha value is -3.21. The molecule has 0 aliphatic rings. The highest BCUT2D eigenvalue weighted by Gasteiger charge is 2.19. The van der Waals surface area contributed by atoms with E-state index in [4.69, 9.17) is 18.6 Å². The van der Waals surface area contributed by atoms with Crippen LogP contribution in [0.15, 0.2) is 45.6 Å². The Labute approximate surface area is 156 Å². The molecule has 0 bridgehead atoms. The van der Waals surface area contributed by atoms with Crippen LogP contribution in [0.2, 0.25) is 0 Å². The predicted molar refractivity (Wildman–Crippen MR) is 107 cm³/mol. The van der Waals surface area contributed by atoms with Crippen molar-refractivity contribution in [3.8, 4) is 17.2 Å². The highest BCUT2D eigenvalue weighted by Crippen LogP contribution is 2.45. The summed E-state index contributed by atoms with van der Waals surface area (Å²) >= 11 is 0. The van der Waals surface area contributed by atoms with E-state index >= 15 is 0 Å². The lowest BCUT2D eigenvalue weighted by atomic mass is 10.00. The van der Waals surface area contributed by atoms with Gasteiger partial charge in [0.25, 0.3) is 0 Å². The summed E-state index contributed by atoms with van der Waals surface area (Å²) in [4.78, 5) is 12.7. The van der Waals surface area contributed by atoms with Gasteiger partial charge in [-0.3, -0.25) is 0 Å². The van der Waals surface area contributed by atoms with Crippen molar-refractivity contribution in [1.82, 2.24) is 0 Å². The van der Waals surface area contributed by atoms with E-state index in [-0.39, 0.29) is 5.63 Å². The van der Waals surface area contributed by atoms with Gasteiger partial charge in [0, 0.05) is 16.2 Å². The molecule has 0 radical (unpaired) electrons. The van der Waals surface area contributed by atoms with Crippen LogP contribution in [0, 0.1) is 0 Å². The summed E-state index contributed by atoms with van der Waals surface area (Å²) in [5.74, 6) is 1.55. The zero-order valence-corrected chi connectivity index (χ0v) is 15.7. The van der Waals surface area contributed by atoms with Crippen LogP contribution >= 0.6 is 0 Å². The number of benzene rings is 3. The third kappa shape index (κ3) is 2.50. The minimum absolute atomic E-state index is 0.353. The van der Waals surface area contributed by atoms with Gasteiger partial charge in [0.15, 0.2) is 11.5 Å². The number of hydrogen-bond acceptors (Lipinski definition) is 5. The maximum absolute atomic E-state index is 12.7. The topological polar surface area (TPSA) is 57.9 Å². The van der Waals surface area contributed by atoms with Gasteiger partial charge in [-0.1, -0.05) is 19.1 Å². The van der Waals surface area contributed by atoms with Crippen molar-refractivity contribution in [1.29, 1.82) is 0 Å². The molecule has 27 heavy (non-hydrogen) atoms. The summed E-state index contributed by atoms with van der Waals surface area (Å²) in [5.41, 5.74) is 1.26. The minimum Gasteiger partial charge on any atom is -0.493 e. The van der Waals surface area contributed by atoms with Gasteiger partial charge in [-0.15, -0.1) is 0 Å². The first kappa shape index (κ1) is 17.2. The standard InChI is InChI=1S/C22H20O5/c1-5-12-6-7-13-14-8-9-15-16(19(14)27-22(23)17(13)10-12)11-18(24-2)21(26-4)20(15)25-3/h6-11H,5H2,1-4H3. The Morgan fingerprint density at radius 2 is 1.48 bits per heavy atom. The molecule has 138 valence electrons. The maximum Gasteiger partial charge on any atom is 0.344 e. The van der Waals surface area contributed by atoms with Crippen molar-refractivity contribution < 1.29 is 18.6 Å². The Kier molecular flexibility index (Phi) is 4.15. The molecule has 0 aliphatic heterocycles. The first-order valence-corrected chi connectivity index (χ1v) is 8.74. The predicted octanol–water partition coefficient (Wildman–Crippen LogP) is 4.69. The summed E-state index contributed by atoms with van der Waals surface area (Å²) < 4.78 is 22.2. The van der Waals surface area contributed by atoms with Crippen LogP contribution in [0.1, 0.15) is 12.5 Å². The molecule has 3 aromatic carbocycles. The summed E-state index contributed by atoms with van der Waals surface area (Å²) in [6.07, 6.45) is 0.860. The second-order valence-electron chi connectivity index (χ2n) is 6.31. The molecule has 0 unspecified atom stereocenters. The van der Waals surface area contributed by atoms with E-state index in [2.05, 4.69) is 6.92 Å². The monoisotopic (exact) mass is 364 g/mol. The molecule has 1 heterocycles. The molecule has 0 saturated carbocycles. The van der Waals surface area contributed by atoms with Crippen LogP contribution in [-0.2, 0) is 6.42 Å². The van der Waals surface area contributed by atoms with Gasteiger partial charge < -0.3 is 18.6 Å². The number of ether oxygens (including phenoxy) is 3. The molecule has 0 saturated heterocycles. The third-order valence-corrected chi connectivity index (χ3v) is 4.97. The molecule has 0 atom stereocenters. The largest absolute Gasteiger partial charge is 0.493 e. The average molecular weight is 364 g/mol. The van der Waals surface area contributed by atoms with E-state index in [0.29, 0.717) is 28.2 Å². The van der Waals surface area contributed by atoms with Crippen molar-refractivity contribution in [2.75, 3.05) is 21.3 Å². The quantitative estimate of drug-likeness (QED) is 0.388. The number of rotatable bonds is 4. The molecule has 0 amide bonds. The number of aryl methyl sites for hydroxylation is 1. The molecule has 0 spiro atoms. The van der Waals surface area contributed by atoms with Gasteiger partial charge in [-0.25, -0.2) is 4.79 Å². The summed E-state index contributed by atoms with van der Waals surface area (Å²) in [5, 5.41) is 3.85. The van der Waals surface area contributed by atoms with Gasteiger partial charge in [0.2, 0.25) is 5.75 Å². The van der Waals surface area contributed by atoms with Gasteiger partial charge in [-0.2, -0.15) is 0 Å². The summed E-state index contributed by atoms with van der Waals surface area (Å²) in [7, 11) is 4.70. The Bertz CT molecular complexity index is 1240. The van der Waals surface area contributed by atoms with Crippen LogP contribution in [0.3, 0.4) is 0 Å². The summed E-state index contributed by atoms with van der Waals surface area (Å²) in [6, 6.07) is 11.6. The average Bonchev–Trinajstić information content (AvgIpc) is 2.71. The molecular formula is C22H20O5. The van der Waals surface area contributed by atoms with E-state index in [9.17, 15) is 4.79 Å². The van der Waals surface area contributed by atoms with Gasteiger partial charge in [-0.05, 0) is 41.6 Å². The molecule has 5 nitrogen and oxygen atoms in total. The third-order valence-electron chi connectivity index (χ3n) is 4.97. The first-order valence-electron chi connectivity index (χ1n) is 8.74. The van der Waals surface area contributed by atoms with Crippen molar-refractivity contribution in [2.45, 2.75) is 13.3 Å². The summed E-state index contributed by atoms with van der Waals surface area (Å²) in [6.45, 7) is 2.06. The van der Waals surface area contributed by atoms with E-state index in [1.807, 2.05) is 36.4 Å². The van der Waals surface area contributed by atoms with E-state index in [1.165, 1.54) is 0 Å². The minimum atomic E-state index is -0.353. The van der Waals surface area contributed by atoms with Gasteiger partial charge in [0.05, 0.1) is 26.7 Å². The zero-order valence-electron chi connectivity index (χ0n) is 15.7. The molecule has 1 aromatic heterocycles. The van der Waals surface area contributed by atoms with Gasteiger partial charge in [0.1, 0.15) is 5.58 Å². The maximum atomic E-state index is 12.7. The van der Waals surface area contributed by atoms with Crippen LogP contribution in [-0.4, -0.2) is 21.3 Å². The molecular weight excluding hydrogens is 344 g/mol. The molecule has 5 heteroatoms. The normalized spacial score (nSPS) is 11.3. The highest BCUT2D eigenvalue weighted by atomic mass is 16.5. The molecule has 4 aromatic rings. The van der Waals surface area contributed by atoms with Crippen LogP contribution < -0.4 is 19.8 Å². The molecule has 0 fully saturated rings. The second-order valence-corrected chi connectivity index (χ2v) is 6.31. The fourth-order valence-electron chi connectivity index (χ4n) is 3.60. The van der Waals surface area contributed by atoms with E-state index in [0.717, 1.165) is 33.5 Å². The SMILES string of the molecule is CCc1ccc2c(c1)c(=O)oc1c3cc(OC)c(OC)c(OC)c3ccc21. The highest BCUT2D eigenvalue weighted by molar-refractivity contribution is 6.15. The Balaban J connectivity index is 2.20. The van der Waals surface area contributed by atoms with E-state index in [1.54, 1.807) is 21.3 Å². The molecule has 0 aliphatic carbocycles. The second kappa shape index (κ2) is 6.50. The smallest absolute Gasteiger partial charge is 0.344 e. The lowest BCUT2D eigenvalue weighted by Gasteiger charge is -2.15. The molecule has 0 N–H and O–H groups in total.